The van der Waals surface area contributed by atoms with E-state index in [2.05, 4.69) is 14.9 Å². The van der Waals surface area contributed by atoms with Crippen LogP contribution in [0.15, 0.2) is 52.5 Å². The Hall–Kier alpha value is -3.54. The summed E-state index contributed by atoms with van der Waals surface area (Å²) in [5, 5.41) is 12.6. The maximum atomic E-state index is 13.4. The smallest absolute Gasteiger partial charge is 0.305 e. The van der Waals surface area contributed by atoms with Crippen molar-refractivity contribution in [3.63, 3.8) is 0 Å². The second-order valence-corrected chi connectivity index (χ2v) is 13.9. The van der Waals surface area contributed by atoms with Crippen molar-refractivity contribution in [2.45, 2.75) is 42.1 Å². The van der Waals surface area contributed by atoms with Crippen LogP contribution >= 0.6 is 11.8 Å². The van der Waals surface area contributed by atoms with Crippen LogP contribution in [0.4, 0.5) is 5.69 Å². The van der Waals surface area contributed by atoms with Crippen molar-refractivity contribution in [2.24, 2.45) is 0 Å². The number of rotatable bonds is 17. The number of sulfonamides is 1. The number of hydrogen-bond donors (Lipinski definition) is 3. The van der Waals surface area contributed by atoms with Crippen molar-refractivity contribution in [3.8, 4) is 5.75 Å². The number of carbonyl (C=O) groups excluding carboxylic acids is 2. The number of amides is 1. The molecule has 1 aliphatic rings. The van der Waals surface area contributed by atoms with Gasteiger partial charge < -0.3 is 34.2 Å². The Balaban J connectivity index is 1.59. The number of aldehydes is 1. The van der Waals surface area contributed by atoms with Gasteiger partial charge in [0, 0.05) is 37.1 Å². The number of anilines is 1. The first-order chi connectivity index (χ1) is 21.9. The summed E-state index contributed by atoms with van der Waals surface area (Å²) in [6.45, 7) is 6.32. The number of nitrogens with zero attached hydrogens (tertiary/aromatic N) is 4. The highest BCUT2D eigenvalue weighted by molar-refractivity contribution is 7.99. The summed E-state index contributed by atoms with van der Waals surface area (Å²) in [6, 6.07) is 10.3. The number of ether oxygens (including phenoxy) is 2. The molecule has 0 radical (unpaired) electrons. The summed E-state index contributed by atoms with van der Waals surface area (Å²) in [7, 11) is -0.927. The van der Waals surface area contributed by atoms with E-state index in [0.717, 1.165) is 54.8 Å². The van der Waals surface area contributed by atoms with Crippen LogP contribution in [0.1, 0.15) is 13.3 Å². The molecule has 2 heterocycles. The number of morpholine rings is 1. The first-order valence-corrected chi connectivity index (χ1v) is 17.2. The summed E-state index contributed by atoms with van der Waals surface area (Å²) in [5.41, 5.74) is 2.02. The highest BCUT2D eigenvalue weighted by Crippen LogP contribution is 2.30. The fourth-order valence-corrected chi connectivity index (χ4v) is 7.21. The lowest BCUT2D eigenvalue weighted by atomic mass is 10.2. The molecule has 46 heavy (non-hydrogen) atoms. The predicted molar refractivity (Wildman–Crippen MR) is 174 cm³/mol. The second-order valence-electron chi connectivity index (χ2n) is 11.1. The number of aromatic nitrogens is 2. The van der Waals surface area contributed by atoms with E-state index >= 15 is 0 Å². The van der Waals surface area contributed by atoms with Gasteiger partial charge in [0.2, 0.25) is 15.9 Å². The Bertz CT molecular complexity index is 1620. The largest absolute Gasteiger partial charge is 0.487 e. The Morgan fingerprint density at radius 3 is 2.63 bits per heavy atom. The lowest BCUT2D eigenvalue weighted by Crippen LogP contribution is -2.38. The standard InChI is InChI=1S/C30H40N6O8S2/c1-21(18-36-25-7-5-4-6-24(25)32-30(36)45-15-12-35-10-13-43-14-11-35)44-26-16-22(31-28(38)19-34(2)3)8-9-27(26)46(41,42)33-23(20-37)17-29(39)40/h4-9,16,20-21,23,33H,10-15,17-19H2,1-3H3,(H,31,38)(H,39,40)/t21-,23?/m1/s1. The fraction of sp³-hybridized carbons (Fsp3) is 0.467. The van der Waals surface area contributed by atoms with Crippen molar-refractivity contribution in [1.82, 2.24) is 24.1 Å². The Labute approximate surface area is 272 Å². The number of hydrogen-bond acceptors (Lipinski definition) is 11. The number of likely N-dealkylation sites (N-methyl/N-ethyl adjacent to an activating group) is 1. The van der Waals surface area contributed by atoms with E-state index in [0.29, 0.717) is 12.2 Å². The van der Waals surface area contributed by atoms with E-state index in [1.807, 2.05) is 28.8 Å². The molecule has 0 spiro atoms. The first-order valence-electron chi connectivity index (χ1n) is 14.8. The molecule has 16 heteroatoms. The zero-order valence-corrected chi connectivity index (χ0v) is 27.7. The quantitative estimate of drug-likeness (QED) is 0.140. The number of nitrogens with one attached hydrogen (secondary N) is 2. The third-order valence-corrected chi connectivity index (χ3v) is 9.46. The van der Waals surface area contributed by atoms with Crippen LogP contribution in [-0.2, 0) is 35.7 Å². The first kappa shape index (κ1) is 35.3. The maximum Gasteiger partial charge on any atom is 0.305 e. The Morgan fingerprint density at radius 1 is 1.20 bits per heavy atom. The monoisotopic (exact) mass is 676 g/mol. The fourth-order valence-electron chi connectivity index (χ4n) is 4.90. The van der Waals surface area contributed by atoms with Gasteiger partial charge in [0.15, 0.2) is 5.16 Å². The number of carboxylic acid groups (broad SMARTS) is 1. The molecular formula is C30H40N6O8S2. The average Bonchev–Trinajstić information content (AvgIpc) is 3.33. The summed E-state index contributed by atoms with van der Waals surface area (Å²) in [6.07, 6.45) is -1.08. The summed E-state index contributed by atoms with van der Waals surface area (Å²) in [4.78, 5) is 43.6. The summed E-state index contributed by atoms with van der Waals surface area (Å²) >= 11 is 1.63. The average molecular weight is 677 g/mol. The number of para-hydroxylation sites is 2. The molecule has 14 nitrogen and oxygen atoms in total. The maximum absolute atomic E-state index is 13.4. The van der Waals surface area contributed by atoms with Gasteiger partial charge in [-0.25, -0.2) is 18.1 Å². The molecule has 1 unspecified atom stereocenters. The van der Waals surface area contributed by atoms with Gasteiger partial charge in [0.25, 0.3) is 0 Å². The van der Waals surface area contributed by atoms with Gasteiger partial charge in [-0.15, -0.1) is 0 Å². The molecule has 0 bridgehead atoms. The van der Waals surface area contributed by atoms with E-state index in [4.69, 9.17) is 19.6 Å². The van der Waals surface area contributed by atoms with Gasteiger partial charge in [-0.3, -0.25) is 14.5 Å². The van der Waals surface area contributed by atoms with Gasteiger partial charge in [0.1, 0.15) is 23.0 Å². The van der Waals surface area contributed by atoms with Crippen molar-refractivity contribution >= 4 is 56.7 Å². The van der Waals surface area contributed by atoms with E-state index in [9.17, 15) is 22.8 Å². The van der Waals surface area contributed by atoms with Gasteiger partial charge in [0.05, 0.1) is 49.8 Å². The van der Waals surface area contributed by atoms with Gasteiger partial charge >= 0.3 is 5.97 Å². The molecule has 1 aromatic heterocycles. The van der Waals surface area contributed by atoms with E-state index in [1.54, 1.807) is 37.7 Å². The van der Waals surface area contributed by atoms with Crippen LogP contribution in [0.25, 0.3) is 11.0 Å². The van der Waals surface area contributed by atoms with Crippen molar-refractivity contribution in [3.05, 3.63) is 42.5 Å². The second kappa shape index (κ2) is 16.3. The third kappa shape index (κ3) is 9.98. The predicted octanol–water partition coefficient (Wildman–Crippen LogP) is 1.75. The normalized spacial score (nSPS) is 15.5. The number of aliphatic carboxylic acids is 1. The summed E-state index contributed by atoms with van der Waals surface area (Å²) < 4.78 is 42.6. The lowest BCUT2D eigenvalue weighted by molar-refractivity contribution is -0.138. The minimum Gasteiger partial charge on any atom is -0.487 e. The van der Waals surface area contributed by atoms with Crippen LogP contribution in [0, 0.1) is 0 Å². The van der Waals surface area contributed by atoms with Crippen molar-refractivity contribution < 1.29 is 37.4 Å². The molecule has 1 amide bonds. The lowest BCUT2D eigenvalue weighted by Gasteiger charge is -2.26. The molecule has 1 fully saturated rings. The number of imidazole rings is 1. The zero-order valence-electron chi connectivity index (χ0n) is 26.0. The van der Waals surface area contributed by atoms with Gasteiger partial charge in [-0.2, -0.15) is 0 Å². The number of carbonyl (C=O) groups is 3. The minimum absolute atomic E-state index is 0.0754. The number of carboxylic acids is 1. The van der Waals surface area contributed by atoms with Crippen molar-refractivity contribution in [1.29, 1.82) is 0 Å². The third-order valence-electron chi connectivity index (χ3n) is 6.97. The van der Waals surface area contributed by atoms with Crippen LogP contribution in [0.2, 0.25) is 0 Å². The Kier molecular flexibility index (Phi) is 12.5. The van der Waals surface area contributed by atoms with Crippen LogP contribution < -0.4 is 14.8 Å². The van der Waals surface area contributed by atoms with Gasteiger partial charge in [-0.05, 0) is 45.3 Å². The molecule has 250 valence electrons. The van der Waals surface area contributed by atoms with E-state index in [-0.39, 0.29) is 29.4 Å². The van der Waals surface area contributed by atoms with Gasteiger partial charge in [-0.1, -0.05) is 23.9 Å². The Morgan fingerprint density at radius 2 is 1.93 bits per heavy atom. The minimum atomic E-state index is -4.41. The topological polar surface area (TPSA) is 172 Å². The van der Waals surface area contributed by atoms with Crippen LogP contribution in [0.3, 0.4) is 0 Å². The summed E-state index contributed by atoms with van der Waals surface area (Å²) in [5.74, 6) is -0.914. The molecule has 2 aromatic carbocycles. The number of benzene rings is 2. The van der Waals surface area contributed by atoms with Crippen LogP contribution in [0.5, 0.6) is 5.75 Å². The number of fused-ring (bicyclic) bond motifs is 1. The molecule has 0 aliphatic carbocycles. The zero-order chi connectivity index (χ0) is 33.3. The number of thioether (sulfide) groups is 1. The highest BCUT2D eigenvalue weighted by Gasteiger charge is 2.27. The molecule has 1 saturated heterocycles. The van der Waals surface area contributed by atoms with E-state index in [1.165, 1.54) is 18.2 Å². The molecule has 3 aromatic rings. The van der Waals surface area contributed by atoms with Crippen LogP contribution in [-0.4, -0.2) is 122 Å². The highest BCUT2D eigenvalue weighted by atomic mass is 32.2. The molecule has 3 N–H and O–H groups in total. The SMILES string of the molecule is C[C@H](Cn1c(SCCN2CCOCC2)nc2ccccc21)Oc1cc(NC(=O)CN(C)C)ccc1S(=O)(=O)NC(C=O)CC(=O)O. The van der Waals surface area contributed by atoms with Crippen molar-refractivity contribution in [2.75, 3.05) is 64.6 Å². The molecule has 1 aliphatic heterocycles. The molecule has 0 saturated carbocycles. The molecule has 4 rings (SSSR count). The molecular weight excluding hydrogens is 636 g/mol. The van der Waals surface area contributed by atoms with E-state index < -0.39 is 34.6 Å². The molecule has 2 atom stereocenters.